The molecule has 0 aliphatic rings. The molecule has 0 bridgehead atoms. The van der Waals surface area contributed by atoms with Gasteiger partial charge in [-0.15, -0.1) is 0 Å². The van der Waals surface area contributed by atoms with Crippen LogP contribution in [0, 0.1) is 11.3 Å². The Balaban J connectivity index is 4.29. The molecule has 0 saturated carbocycles. The summed E-state index contributed by atoms with van der Waals surface area (Å²) in [5.41, 5.74) is -0.747. The summed E-state index contributed by atoms with van der Waals surface area (Å²) in [5.74, 6) is -1.02. The van der Waals surface area contributed by atoms with Crippen molar-refractivity contribution in [1.82, 2.24) is 0 Å². The molecule has 0 aromatic heterocycles. The van der Waals surface area contributed by atoms with E-state index in [1.165, 1.54) is 6.42 Å². The van der Waals surface area contributed by atoms with Gasteiger partial charge in [-0.2, -0.15) is 0 Å². The maximum Gasteiger partial charge on any atom is 0.308 e. The number of carbonyl (C=O) groups excluding carboxylic acids is 1. The highest BCUT2D eigenvalue weighted by Gasteiger charge is 2.30. The van der Waals surface area contributed by atoms with Gasteiger partial charge in [0.15, 0.2) is 0 Å². The molecule has 0 saturated heterocycles. The van der Waals surface area contributed by atoms with Gasteiger partial charge in [-0.1, -0.05) is 78.1 Å². The molecule has 0 aromatic rings. The van der Waals surface area contributed by atoms with Crippen LogP contribution in [0.4, 0.5) is 0 Å². The monoisotopic (exact) mass is 430 g/mol. The molecule has 0 heterocycles. The van der Waals surface area contributed by atoms with E-state index in [2.05, 4.69) is 6.92 Å². The molecule has 1 atom stereocenters. The quantitative estimate of drug-likeness (QED) is 0.173. The predicted molar refractivity (Wildman–Crippen MR) is 119 cm³/mol. The van der Waals surface area contributed by atoms with Gasteiger partial charge in [-0.25, -0.2) is 0 Å². The van der Waals surface area contributed by atoms with Crippen LogP contribution in [0.15, 0.2) is 0 Å². The highest BCUT2D eigenvalue weighted by Crippen LogP contribution is 2.24. The lowest BCUT2D eigenvalue weighted by atomic mass is 9.88. The number of esters is 1. The number of unbranched alkanes of at least 4 members (excludes halogenated alkanes) is 9. The van der Waals surface area contributed by atoms with Gasteiger partial charge in [0.25, 0.3) is 0 Å². The molecular formula is C24H46O6. The summed E-state index contributed by atoms with van der Waals surface area (Å²) in [4.78, 5) is 23.2. The summed E-state index contributed by atoms with van der Waals surface area (Å²) < 4.78 is 5.53. The topological polar surface area (TPSA) is 104 Å². The van der Waals surface area contributed by atoms with E-state index in [0.29, 0.717) is 6.42 Å². The molecule has 0 spiro atoms. The Hall–Kier alpha value is -1.14. The highest BCUT2D eigenvalue weighted by atomic mass is 16.5. The smallest absolute Gasteiger partial charge is 0.308 e. The Morgan fingerprint density at radius 3 is 1.77 bits per heavy atom. The zero-order valence-corrected chi connectivity index (χ0v) is 19.4. The minimum absolute atomic E-state index is 0.0666. The maximum absolute atomic E-state index is 12.7. The Bertz CT molecular complexity index is 425. The fourth-order valence-electron chi connectivity index (χ4n) is 3.56. The average molecular weight is 431 g/mol. The first kappa shape index (κ1) is 28.9. The van der Waals surface area contributed by atoms with Crippen molar-refractivity contribution in [2.45, 2.75) is 110 Å². The third kappa shape index (κ3) is 14.0. The number of hydrogen-bond donors (Lipinski definition) is 3. The zero-order chi connectivity index (χ0) is 22.7. The number of hydrogen-bond acceptors (Lipinski definition) is 5. The first-order chi connectivity index (χ1) is 14.4. The molecule has 3 N–H and O–H groups in total. The van der Waals surface area contributed by atoms with Crippen molar-refractivity contribution in [3.8, 4) is 0 Å². The van der Waals surface area contributed by atoms with E-state index in [0.717, 1.165) is 77.0 Å². The average Bonchev–Trinajstić information content (AvgIpc) is 2.75. The SMILES string of the molecule is CCCCCCC(CCCCCCCCCC(=O)O)C(=O)OCC(CC)(CO)CO. The molecule has 178 valence electrons. The van der Waals surface area contributed by atoms with Gasteiger partial charge in [0.2, 0.25) is 0 Å². The third-order valence-corrected chi connectivity index (χ3v) is 6.12. The lowest BCUT2D eigenvalue weighted by Gasteiger charge is -2.28. The second-order valence-corrected chi connectivity index (χ2v) is 8.73. The number of rotatable bonds is 21. The Kier molecular flexibility index (Phi) is 17.9. The first-order valence-corrected chi connectivity index (χ1v) is 12.0. The van der Waals surface area contributed by atoms with Crippen LogP contribution in [0.5, 0.6) is 0 Å². The van der Waals surface area contributed by atoms with Gasteiger partial charge in [0, 0.05) is 6.42 Å². The molecule has 0 rings (SSSR count). The predicted octanol–water partition coefficient (Wildman–Crippen LogP) is 5.09. The van der Waals surface area contributed by atoms with Crippen molar-refractivity contribution in [2.75, 3.05) is 19.8 Å². The molecule has 0 aliphatic carbocycles. The van der Waals surface area contributed by atoms with Crippen LogP contribution < -0.4 is 0 Å². The normalized spacial score (nSPS) is 12.7. The number of carboxylic acids is 1. The molecule has 0 aromatic carbocycles. The molecule has 0 amide bonds. The van der Waals surface area contributed by atoms with E-state index in [-0.39, 0.29) is 38.1 Å². The van der Waals surface area contributed by atoms with E-state index < -0.39 is 11.4 Å². The molecule has 6 nitrogen and oxygen atoms in total. The largest absolute Gasteiger partial charge is 0.481 e. The summed E-state index contributed by atoms with van der Waals surface area (Å²) in [7, 11) is 0. The highest BCUT2D eigenvalue weighted by molar-refractivity contribution is 5.72. The summed E-state index contributed by atoms with van der Waals surface area (Å²) >= 11 is 0. The van der Waals surface area contributed by atoms with Crippen LogP contribution in [-0.2, 0) is 14.3 Å². The van der Waals surface area contributed by atoms with Crippen LogP contribution in [0.3, 0.4) is 0 Å². The van der Waals surface area contributed by atoms with Gasteiger partial charge in [-0.05, 0) is 25.7 Å². The number of carboxylic acid groups (broad SMARTS) is 1. The Labute approximate surface area is 183 Å². The molecule has 6 heteroatoms. The summed E-state index contributed by atoms with van der Waals surface area (Å²) in [6, 6.07) is 0. The molecule has 1 unspecified atom stereocenters. The third-order valence-electron chi connectivity index (χ3n) is 6.12. The lowest BCUT2D eigenvalue weighted by molar-refractivity contribution is -0.155. The van der Waals surface area contributed by atoms with Gasteiger partial charge in [-0.3, -0.25) is 9.59 Å². The van der Waals surface area contributed by atoms with Gasteiger partial charge < -0.3 is 20.1 Å². The number of aliphatic hydroxyl groups is 2. The maximum atomic E-state index is 12.7. The van der Waals surface area contributed by atoms with Crippen LogP contribution in [0.1, 0.15) is 110 Å². The van der Waals surface area contributed by atoms with E-state index in [4.69, 9.17) is 9.84 Å². The lowest BCUT2D eigenvalue weighted by Crippen LogP contribution is -2.36. The van der Waals surface area contributed by atoms with Gasteiger partial charge >= 0.3 is 11.9 Å². The van der Waals surface area contributed by atoms with Crippen LogP contribution in [0.2, 0.25) is 0 Å². The minimum atomic E-state index is -0.747. The standard InChI is InChI=1S/C24H46O6/c1-3-5-6-12-15-21(23(29)30-20-24(4-2,18-25)19-26)16-13-10-8-7-9-11-14-17-22(27)28/h21,25-26H,3-20H2,1-2H3,(H,27,28). The van der Waals surface area contributed by atoms with Crippen molar-refractivity contribution >= 4 is 11.9 Å². The number of aliphatic hydroxyl groups excluding tert-OH is 2. The van der Waals surface area contributed by atoms with Crippen molar-refractivity contribution < 1.29 is 29.6 Å². The van der Waals surface area contributed by atoms with E-state index in [9.17, 15) is 19.8 Å². The van der Waals surface area contributed by atoms with Crippen LogP contribution in [0.25, 0.3) is 0 Å². The van der Waals surface area contributed by atoms with E-state index in [1.807, 2.05) is 6.92 Å². The van der Waals surface area contributed by atoms with E-state index in [1.54, 1.807) is 0 Å². The van der Waals surface area contributed by atoms with Crippen molar-refractivity contribution in [1.29, 1.82) is 0 Å². The van der Waals surface area contributed by atoms with Gasteiger partial charge in [0.1, 0.15) is 6.61 Å². The number of ether oxygens (including phenoxy) is 1. The summed E-state index contributed by atoms with van der Waals surface area (Å²) in [6.07, 6.45) is 14.0. The number of carbonyl (C=O) groups is 2. The summed E-state index contributed by atoms with van der Waals surface area (Å²) in [5, 5.41) is 27.7. The second-order valence-electron chi connectivity index (χ2n) is 8.73. The zero-order valence-electron chi connectivity index (χ0n) is 19.4. The van der Waals surface area contributed by atoms with E-state index >= 15 is 0 Å². The summed E-state index contributed by atoms with van der Waals surface area (Å²) in [6.45, 7) is 3.73. The molecular weight excluding hydrogens is 384 g/mol. The Morgan fingerprint density at radius 1 is 0.800 bits per heavy atom. The minimum Gasteiger partial charge on any atom is -0.481 e. The number of aliphatic carboxylic acids is 1. The first-order valence-electron chi connectivity index (χ1n) is 12.0. The van der Waals surface area contributed by atoms with Gasteiger partial charge in [0.05, 0.1) is 24.5 Å². The van der Waals surface area contributed by atoms with Crippen LogP contribution >= 0.6 is 0 Å². The molecule has 0 radical (unpaired) electrons. The van der Waals surface area contributed by atoms with Crippen molar-refractivity contribution in [3.63, 3.8) is 0 Å². The molecule has 0 aliphatic heterocycles. The molecule has 30 heavy (non-hydrogen) atoms. The second kappa shape index (κ2) is 18.6. The van der Waals surface area contributed by atoms with Crippen molar-refractivity contribution in [2.24, 2.45) is 11.3 Å². The van der Waals surface area contributed by atoms with Crippen molar-refractivity contribution in [3.05, 3.63) is 0 Å². The molecule has 0 fully saturated rings. The fraction of sp³-hybridized carbons (Fsp3) is 0.917. The Morgan fingerprint density at radius 2 is 1.30 bits per heavy atom. The fourth-order valence-corrected chi connectivity index (χ4v) is 3.56. The van der Waals surface area contributed by atoms with Crippen LogP contribution in [-0.4, -0.2) is 47.1 Å².